The smallest absolute Gasteiger partial charge is 0.129 e. The maximum atomic E-state index is 9.44. The lowest BCUT2D eigenvalue weighted by Gasteiger charge is -2.44. The first-order chi connectivity index (χ1) is 9.81. The van der Waals surface area contributed by atoms with Gasteiger partial charge in [0, 0.05) is 12.2 Å². The van der Waals surface area contributed by atoms with Crippen molar-refractivity contribution in [2.75, 3.05) is 18.1 Å². The summed E-state index contributed by atoms with van der Waals surface area (Å²) in [4.78, 5) is 7.18. The summed E-state index contributed by atoms with van der Waals surface area (Å²) in [6.45, 7) is 3.89. The van der Waals surface area contributed by atoms with E-state index >= 15 is 0 Å². The van der Waals surface area contributed by atoms with Gasteiger partial charge in [0.1, 0.15) is 5.82 Å². The maximum Gasteiger partial charge on any atom is 0.129 e. The number of aryl methyl sites for hydroxylation is 1. The summed E-state index contributed by atoms with van der Waals surface area (Å²) < 4.78 is 5.93. The van der Waals surface area contributed by atoms with Gasteiger partial charge in [0.25, 0.3) is 0 Å². The van der Waals surface area contributed by atoms with Gasteiger partial charge in [0.2, 0.25) is 0 Å². The Morgan fingerprint density at radius 2 is 2.20 bits per heavy atom. The van der Waals surface area contributed by atoms with Crippen LogP contribution in [0.2, 0.25) is 0 Å². The summed E-state index contributed by atoms with van der Waals surface area (Å²) in [5.74, 6) is 1.02. The molecule has 20 heavy (non-hydrogen) atoms. The number of morpholine rings is 1. The van der Waals surface area contributed by atoms with E-state index in [4.69, 9.17) is 9.72 Å². The maximum absolute atomic E-state index is 9.44. The highest BCUT2D eigenvalue weighted by Crippen LogP contribution is 2.31. The van der Waals surface area contributed by atoms with Crippen LogP contribution in [0.5, 0.6) is 0 Å². The molecule has 1 saturated heterocycles. The van der Waals surface area contributed by atoms with Gasteiger partial charge in [-0.05, 0) is 37.0 Å². The Labute approximate surface area is 120 Å². The first kappa shape index (κ1) is 13.8. The van der Waals surface area contributed by atoms with Crippen LogP contribution in [0.15, 0.2) is 12.1 Å². The predicted molar refractivity (Wildman–Crippen MR) is 78.9 cm³/mol. The number of ether oxygens (including phenoxy) is 1. The number of pyridine rings is 1. The molecule has 1 aliphatic carbocycles. The summed E-state index contributed by atoms with van der Waals surface area (Å²) in [7, 11) is 0. The van der Waals surface area contributed by atoms with Crippen molar-refractivity contribution in [3.63, 3.8) is 0 Å². The Morgan fingerprint density at radius 3 is 3.00 bits per heavy atom. The molecule has 4 nitrogen and oxygen atoms in total. The molecule has 1 saturated carbocycles. The molecule has 0 spiro atoms. The van der Waals surface area contributed by atoms with Crippen LogP contribution < -0.4 is 4.90 Å². The second-order valence-corrected chi connectivity index (χ2v) is 5.79. The van der Waals surface area contributed by atoms with Gasteiger partial charge >= 0.3 is 0 Å². The van der Waals surface area contributed by atoms with Crippen LogP contribution in [0.4, 0.5) is 5.82 Å². The van der Waals surface area contributed by atoms with Crippen LogP contribution >= 0.6 is 0 Å². The number of hydrogen-bond donors (Lipinski definition) is 1. The van der Waals surface area contributed by atoms with Crippen molar-refractivity contribution in [2.24, 2.45) is 0 Å². The molecule has 1 aromatic rings. The standard InChI is InChI=1S/C16H24N2O2/c1-2-13-9-12(11-19)10-16(17-13)18-7-8-20-15-6-4-3-5-14(15)18/h9-10,14-15,19H,2-8,11H2,1H3. The SMILES string of the molecule is CCc1cc(CO)cc(N2CCOC3CCCCC32)n1. The highest BCUT2D eigenvalue weighted by Gasteiger charge is 2.34. The van der Waals surface area contributed by atoms with E-state index in [0.717, 1.165) is 36.6 Å². The van der Waals surface area contributed by atoms with E-state index < -0.39 is 0 Å². The lowest BCUT2D eigenvalue weighted by atomic mass is 9.90. The number of aliphatic hydroxyl groups is 1. The molecule has 2 aliphatic rings. The second-order valence-electron chi connectivity index (χ2n) is 5.79. The average molecular weight is 276 g/mol. The first-order valence-electron chi connectivity index (χ1n) is 7.80. The zero-order valence-corrected chi connectivity index (χ0v) is 12.2. The molecule has 1 N–H and O–H groups in total. The Kier molecular flexibility index (Phi) is 4.22. The summed E-state index contributed by atoms with van der Waals surface area (Å²) in [5.41, 5.74) is 2.02. The van der Waals surface area contributed by atoms with Gasteiger partial charge in [-0.25, -0.2) is 4.98 Å². The minimum atomic E-state index is 0.0843. The Balaban J connectivity index is 1.90. The largest absolute Gasteiger partial charge is 0.392 e. The number of nitrogens with zero attached hydrogens (tertiary/aromatic N) is 2. The van der Waals surface area contributed by atoms with Crippen LogP contribution in [-0.2, 0) is 17.8 Å². The van der Waals surface area contributed by atoms with Crippen molar-refractivity contribution in [3.05, 3.63) is 23.4 Å². The Hall–Kier alpha value is -1.13. The van der Waals surface area contributed by atoms with E-state index in [-0.39, 0.29) is 6.61 Å². The topological polar surface area (TPSA) is 45.6 Å². The molecule has 4 heteroatoms. The van der Waals surface area contributed by atoms with Gasteiger partial charge in [-0.2, -0.15) is 0 Å². The Bertz CT molecular complexity index is 440. The quantitative estimate of drug-likeness (QED) is 0.920. The minimum Gasteiger partial charge on any atom is -0.392 e. The van der Waals surface area contributed by atoms with E-state index in [0.29, 0.717) is 12.1 Å². The molecular weight excluding hydrogens is 252 g/mol. The highest BCUT2D eigenvalue weighted by molar-refractivity contribution is 5.45. The summed E-state index contributed by atoms with van der Waals surface area (Å²) in [5, 5.41) is 9.44. The molecule has 1 aliphatic heterocycles. The fourth-order valence-electron chi connectivity index (χ4n) is 3.43. The van der Waals surface area contributed by atoms with Gasteiger partial charge in [-0.1, -0.05) is 19.8 Å². The number of anilines is 1. The molecule has 110 valence electrons. The Morgan fingerprint density at radius 1 is 1.35 bits per heavy atom. The van der Waals surface area contributed by atoms with Crippen molar-refractivity contribution >= 4 is 5.82 Å². The summed E-state index contributed by atoms with van der Waals surface area (Å²) in [6.07, 6.45) is 6.18. The van der Waals surface area contributed by atoms with Crippen molar-refractivity contribution in [3.8, 4) is 0 Å². The van der Waals surface area contributed by atoms with Crippen molar-refractivity contribution in [2.45, 2.75) is 57.8 Å². The van der Waals surface area contributed by atoms with Crippen molar-refractivity contribution < 1.29 is 9.84 Å². The molecule has 3 rings (SSSR count). The average Bonchev–Trinajstić information content (AvgIpc) is 2.53. The molecule has 2 heterocycles. The molecule has 1 aromatic heterocycles. The predicted octanol–water partition coefficient (Wildman–Crippen LogP) is 2.28. The van der Waals surface area contributed by atoms with Crippen LogP contribution in [0.3, 0.4) is 0 Å². The number of aromatic nitrogens is 1. The normalized spacial score (nSPS) is 26.4. The fourth-order valence-corrected chi connectivity index (χ4v) is 3.43. The van der Waals surface area contributed by atoms with Gasteiger partial charge in [-0.3, -0.25) is 0 Å². The first-order valence-corrected chi connectivity index (χ1v) is 7.80. The van der Waals surface area contributed by atoms with E-state index in [9.17, 15) is 5.11 Å². The monoisotopic (exact) mass is 276 g/mol. The van der Waals surface area contributed by atoms with E-state index in [1.807, 2.05) is 12.1 Å². The van der Waals surface area contributed by atoms with Crippen LogP contribution in [0.25, 0.3) is 0 Å². The van der Waals surface area contributed by atoms with Gasteiger partial charge in [0.15, 0.2) is 0 Å². The van der Waals surface area contributed by atoms with Crippen LogP contribution in [-0.4, -0.2) is 35.4 Å². The molecule has 2 unspecified atom stereocenters. The zero-order chi connectivity index (χ0) is 13.9. The van der Waals surface area contributed by atoms with Crippen LogP contribution in [0.1, 0.15) is 43.9 Å². The van der Waals surface area contributed by atoms with Gasteiger partial charge < -0.3 is 14.7 Å². The summed E-state index contributed by atoms with van der Waals surface area (Å²) in [6, 6.07) is 4.50. The fraction of sp³-hybridized carbons (Fsp3) is 0.688. The molecule has 0 amide bonds. The highest BCUT2D eigenvalue weighted by atomic mass is 16.5. The number of aliphatic hydroxyl groups excluding tert-OH is 1. The molecule has 0 radical (unpaired) electrons. The molecule has 2 atom stereocenters. The minimum absolute atomic E-state index is 0.0843. The second kappa shape index (κ2) is 6.10. The van der Waals surface area contributed by atoms with Gasteiger partial charge in [-0.15, -0.1) is 0 Å². The third-order valence-electron chi connectivity index (χ3n) is 4.50. The molecule has 0 aromatic carbocycles. The summed E-state index contributed by atoms with van der Waals surface area (Å²) >= 11 is 0. The van der Waals surface area contributed by atoms with Crippen LogP contribution in [0, 0.1) is 0 Å². The van der Waals surface area contributed by atoms with E-state index in [1.54, 1.807) is 0 Å². The molecule has 2 fully saturated rings. The molecule has 0 bridgehead atoms. The number of hydrogen-bond acceptors (Lipinski definition) is 4. The molecular formula is C16H24N2O2. The third kappa shape index (κ3) is 2.67. The number of fused-ring (bicyclic) bond motifs is 1. The lowest BCUT2D eigenvalue weighted by Crippen LogP contribution is -2.53. The number of rotatable bonds is 3. The van der Waals surface area contributed by atoms with E-state index in [1.165, 1.54) is 25.7 Å². The lowest BCUT2D eigenvalue weighted by molar-refractivity contribution is -0.00900. The zero-order valence-electron chi connectivity index (χ0n) is 12.2. The third-order valence-corrected chi connectivity index (χ3v) is 4.50. The van der Waals surface area contributed by atoms with Crippen molar-refractivity contribution in [1.82, 2.24) is 4.98 Å². The van der Waals surface area contributed by atoms with E-state index in [2.05, 4.69) is 11.8 Å². The van der Waals surface area contributed by atoms with Crippen molar-refractivity contribution in [1.29, 1.82) is 0 Å². The van der Waals surface area contributed by atoms with Gasteiger partial charge in [0.05, 0.1) is 25.4 Å².